The SMILES string of the molecule is O=C(CC[C@H]1CN(Cc2ccccc2)CC[C@H]1N1CCCC1)N1CCN(c2ccc(F)cc2)CC1. The minimum Gasteiger partial charge on any atom is -0.368 e. The predicted molar refractivity (Wildman–Crippen MR) is 139 cm³/mol. The number of halogens is 1. The first kappa shape index (κ1) is 24.3. The Hall–Kier alpha value is -2.44. The largest absolute Gasteiger partial charge is 0.368 e. The lowest BCUT2D eigenvalue weighted by Crippen LogP contribution is -2.51. The molecule has 2 atom stereocenters. The maximum Gasteiger partial charge on any atom is 0.222 e. The van der Waals surface area contributed by atoms with E-state index in [4.69, 9.17) is 0 Å². The maximum atomic E-state index is 13.2. The number of anilines is 1. The Kier molecular flexibility index (Phi) is 7.99. The second-order valence-corrected chi connectivity index (χ2v) is 10.5. The van der Waals surface area contributed by atoms with Gasteiger partial charge in [0.2, 0.25) is 5.91 Å². The summed E-state index contributed by atoms with van der Waals surface area (Å²) >= 11 is 0. The van der Waals surface area contributed by atoms with E-state index in [1.807, 2.05) is 17.0 Å². The van der Waals surface area contributed by atoms with E-state index in [9.17, 15) is 9.18 Å². The van der Waals surface area contributed by atoms with Crippen LogP contribution in [0.15, 0.2) is 54.6 Å². The molecule has 5 rings (SSSR count). The summed E-state index contributed by atoms with van der Waals surface area (Å²) in [5, 5.41) is 0. The molecule has 0 unspecified atom stereocenters. The van der Waals surface area contributed by atoms with E-state index in [-0.39, 0.29) is 5.82 Å². The number of hydrogen-bond acceptors (Lipinski definition) is 4. The van der Waals surface area contributed by atoms with Crippen LogP contribution < -0.4 is 4.90 Å². The second-order valence-electron chi connectivity index (χ2n) is 10.5. The molecule has 3 aliphatic heterocycles. The van der Waals surface area contributed by atoms with Crippen LogP contribution in [0, 0.1) is 11.7 Å². The van der Waals surface area contributed by atoms with Gasteiger partial charge in [-0.15, -0.1) is 0 Å². The van der Waals surface area contributed by atoms with Crippen LogP contribution in [0.25, 0.3) is 0 Å². The van der Waals surface area contributed by atoms with Gasteiger partial charge in [0, 0.05) is 57.4 Å². The number of benzene rings is 2. The highest BCUT2D eigenvalue weighted by atomic mass is 19.1. The van der Waals surface area contributed by atoms with Gasteiger partial charge in [-0.25, -0.2) is 4.39 Å². The Labute approximate surface area is 209 Å². The van der Waals surface area contributed by atoms with Crippen molar-refractivity contribution in [1.82, 2.24) is 14.7 Å². The number of piperidine rings is 1. The standard InChI is InChI=1S/C29H39FN4O/c30-26-9-11-27(12-10-26)32-18-20-34(21-19-32)29(35)13-8-25-23-31(22-24-6-2-1-3-7-24)17-14-28(25)33-15-4-5-16-33/h1-3,6-7,9-12,25,28H,4-5,8,13-23H2/t25-,28+/m0/s1. The predicted octanol–water partition coefficient (Wildman–Crippen LogP) is 4.24. The second kappa shape index (κ2) is 11.5. The van der Waals surface area contributed by atoms with Gasteiger partial charge in [-0.05, 0) is 81.1 Å². The van der Waals surface area contributed by atoms with Gasteiger partial charge in [0.15, 0.2) is 0 Å². The molecule has 0 spiro atoms. The molecule has 188 valence electrons. The smallest absolute Gasteiger partial charge is 0.222 e. The Morgan fingerprint density at radius 3 is 2.29 bits per heavy atom. The van der Waals surface area contributed by atoms with Crippen molar-refractivity contribution in [2.75, 3.05) is 57.3 Å². The number of hydrogen-bond donors (Lipinski definition) is 0. The average Bonchev–Trinajstić information content (AvgIpc) is 3.43. The van der Waals surface area contributed by atoms with E-state index in [0.717, 1.165) is 57.9 Å². The monoisotopic (exact) mass is 478 g/mol. The van der Waals surface area contributed by atoms with Gasteiger partial charge >= 0.3 is 0 Å². The van der Waals surface area contributed by atoms with Crippen LogP contribution >= 0.6 is 0 Å². The first-order valence-corrected chi connectivity index (χ1v) is 13.4. The quantitative estimate of drug-likeness (QED) is 0.596. The topological polar surface area (TPSA) is 30.0 Å². The van der Waals surface area contributed by atoms with Crippen LogP contribution in [0.4, 0.5) is 10.1 Å². The zero-order valence-electron chi connectivity index (χ0n) is 20.8. The Morgan fingerprint density at radius 1 is 0.857 bits per heavy atom. The third kappa shape index (κ3) is 6.22. The molecule has 3 saturated heterocycles. The zero-order chi connectivity index (χ0) is 24.0. The number of rotatable bonds is 7. The molecule has 0 aliphatic carbocycles. The minimum atomic E-state index is -0.208. The molecule has 35 heavy (non-hydrogen) atoms. The van der Waals surface area contributed by atoms with Crippen molar-refractivity contribution in [3.05, 3.63) is 66.0 Å². The maximum absolute atomic E-state index is 13.2. The van der Waals surface area contributed by atoms with Crippen LogP contribution in [0.5, 0.6) is 0 Å². The Morgan fingerprint density at radius 2 is 1.57 bits per heavy atom. The molecule has 3 fully saturated rings. The molecule has 3 aliphatic rings. The van der Waals surface area contributed by atoms with E-state index in [2.05, 4.69) is 45.0 Å². The van der Waals surface area contributed by atoms with Crippen LogP contribution in [0.1, 0.15) is 37.7 Å². The third-order valence-electron chi connectivity index (χ3n) is 8.19. The molecular weight excluding hydrogens is 439 g/mol. The van der Waals surface area contributed by atoms with Crippen LogP contribution in [0.3, 0.4) is 0 Å². The van der Waals surface area contributed by atoms with Gasteiger partial charge in [0.25, 0.3) is 0 Å². The van der Waals surface area contributed by atoms with Crippen molar-refractivity contribution < 1.29 is 9.18 Å². The summed E-state index contributed by atoms with van der Waals surface area (Å²) in [6, 6.07) is 18.1. The molecule has 0 aromatic heterocycles. The van der Waals surface area contributed by atoms with Crippen molar-refractivity contribution >= 4 is 11.6 Å². The van der Waals surface area contributed by atoms with Crippen LogP contribution in [-0.2, 0) is 11.3 Å². The molecule has 0 saturated carbocycles. The summed E-state index contributed by atoms with van der Waals surface area (Å²) in [4.78, 5) is 22.7. The third-order valence-corrected chi connectivity index (χ3v) is 8.19. The van der Waals surface area contributed by atoms with E-state index in [0.29, 0.717) is 24.3 Å². The molecule has 6 heteroatoms. The number of carbonyl (C=O) groups excluding carboxylic acids is 1. The van der Waals surface area contributed by atoms with Gasteiger partial charge in [-0.3, -0.25) is 9.69 Å². The van der Waals surface area contributed by atoms with Crippen molar-refractivity contribution in [3.8, 4) is 0 Å². The number of carbonyl (C=O) groups is 1. The summed E-state index contributed by atoms with van der Waals surface area (Å²) in [5.41, 5.74) is 2.41. The fraction of sp³-hybridized carbons (Fsp3) is 0.552. The summed E-state index contributed by atoms with van der Waals surface area (Å²) in [7, 11) is 0. The lowest BCUT2D eigenvalue weighted by Gasteiger charge is -2.43. The molecule has 0 N–H and O–H groups in total. The van der Waals surface area contributed by atoms with Crippen molar-refractivity contribution in [1.29, 1.82) is 0 Å². The highest BCUT2D eigenvalue weighted by molar-refractivity contribution is 5.76. The van der Waals surface area contributed by atoms with Crippen molar-refractivity contribution in [2.45, 2.75) is 44.7 Å². The number of piperazine rings is 1. The van der Waals surface area contributed by atoms with E-state index in [1.54, 1.807) is 0 Å². The zero-order valence-corrected chi connectivity index (χ0v) is 20.8. The van der Waals surface area contributed by atoms with Crippen LogP contribution in [0.2, 0.25) is 0 Å². The van der Waals surface area contributed by atoms with Gasteiger partial charge in [0.05, 0.1) is 0 Å². The van der Waals surface area contributed by atoms with Crippen LogP contribution in [-0.4, -0.2) is 79.0 Å². The molecule has 1 amide bonds. The lowest BCUT2D eigenvalue weighted by atomic mass is 9.86. The van der Waals surface area contributed by atoms with Gasteiger partial charge < -0.3 is 14.7 Å². The van der Waals surface area contributed by atoms with E-state index >= 15 is 0 Å². The molecule has 2 aromatic carbocycles. The molecule has 0 bridgehead atoms. The minimum absolute atomic E-state index is 0.208. The van der Waals surface area contributed by atoms with Gasteiger partial charge in [-0.1, -0.05) is 30.3 Å². The molecule has 5 nitrogen and oxygen atoms in total. The summed E-state index contributed by atoms with van der Waals surface area (Å²) in [6.07, 6.45) is 5.46. The fourth-order valence-corrected chi connectivity index (χ4v) is 6.25. The van der Waals surface area contributed by atoms with Gasteiger partial charge in [-0.2, -0.15) is 0 Å². The van der Waals surface area contributed by atoms with Gasteiger partial charge in [0.1, 0.15) is 5.82 Å². The molecule has 3 heterocycles. The Bertz CT molecular complexity index is 939. The first-order chi connectivity index (χ1) is 17.2. The highest BCUT2D eigenvalue weighted by Crippen LogP contribution is 2.30. The van der Waals surface area contributed by atoms with E-state index < -0.39 is 0 Å². The Balaban J connectivity index is 1.15. The highest BCUT2D eigenvalue weighted by Gasteiger charge is 2.35. The first-order valence-electron chi connectivity index (χ1n) is 13.4. The van der Waals surface area contributed by atoms with E-state index in [1.165, 1.54) is 50.0 Å². The number of amides is 1. The fourth-order valence-electron chi connectivity index (χ4n) is 6.25. The van der Waals surface area contributed by atoms with Crippen molar-refractivity contribution in [3.63, 3.8) is 0 Å². The summed E-state index contributed by atoms with van der Waals surface area (Å²) < 4.78 is 13.2. The normalized spacial score (nSPS) is 24.1. The summed E-state index contributed by atoms with van der Waals surface area (Å²) in [6.45, 7) is 8.78. The molecular formula is C29H39FN4O. The van der Waals surface area contributed by atoms with Crippen molar-refractivity contribution in [2.24, 2.45) is 5.92 Å². The summed E-state index contributed by atoms with van der Waals surface area (Å²) in [5.74, 6) is 0.638. The molecule has 0 radical (unpaired) electrons. The number of likely N-dealkylation sites (tertiary alicyclic amines) is 2. The lowest BCUT2D eigenvalue weighted by molar-refractivity contribution is -0.132. The number of nitrogens with zero attached hydrogens (tertiary/aromatic N) is 4. The average molecular weight is 479 g/mol. The molecule has 2 aromatic rings.